The fraction of sp³-hybridized carbons (Fsp3) is 0.462. The smallest absolute Gasteiger partial charge is 0.226 e. The van der Waals surface area contributed by atoms with Crippen LogP contribution in [0.2, 0.25) is 0 Å². The summed E-state index contributed by atoms with van der Waals surface area (Å²) in [4.78, 5) is 13.7. The number of amides is 1. The molecule has 0 heterocycles. The minimum absolute atomic E-state index is 0.136. The molecule has 1 aromatic rings. The van der Waals surface area contributed by atoms with E-state index in [1.807, 2.05) is 20.2 Å². The summed E-state index contributed by atoms with van der Waals surface area (Å²) in [5.41, 5.74) is 2.68. The summed E-state index contributed by atoms with van der Waals surface area (Å²) in [6.07, 6.45) is 0.897. The van der Waals surface area contributed by atoms with E-state index in [1.54, 1.807) is 4.90 Å². The van der Waals surface area contributed by atoms with Crippen LogP contribution in [0.3, 0.4) is 0 Å². The highest BCUT2D eigenvalue weighted by Crippen LogP contribution is 2.37. The Bertz CT molecular complexity index is 384. The van der Waals surface area contributed by atoms with Gasteiger partial charge in [0, 0.05) is 20.0 Å². The number of hydrogen-bond acceptors (Lipinski definition) is 1. The Morgan fingerprint density at radius 2 is 2.00 bits per heavy atom. The molecule has 0 radical (unpaired) electrons. The molecule has 1 aliphatic rings. The first kappa shape index (κ1) is 10.2. The van der Waals surface area contributed by atoms with Crippen molar-refractivity contribution in [2.24, 2.45) is 5.92 Å². The Morgan fingerprint density at radius 1 is 1.33 bits per heavy atom. The van der Waals surface area contributed by atoms with Crippen LogP contribution in [0.15, 0.2) is 24.3 Å². The van der Waals surface area contributed by atoms with Crippen molar-refractivity contribution in [2.75, 3.05) is 14.1 Å². The molecule has 1 aromatic carbocycles. The van der Waals surface area contributed by atoms with E-state index in [1.165, 1.54) is 11.1 Å². The van der Waals surface area contributed by atoms with E-state index >= 15 is 0 Å². The number of carbonyl (C=O) groups is 1. The molecule has 1 aliphatic carbocycles. The Balaban J connectivity index is 2.27. The SMILES string of the molecule is CC1c2ccccc2CC1C(=O)N(C)C. The summed E-state index contributed by atoms with van der Waals surface area (Å²) < 4.78 is 0. The van der Waals surface area contributed by atoms with Crippen molar-refractivity contribution in [1.82, 2.24) is 4.90 Å². The van der Waals surface area contributed by atoms with Crippen molar-refractivity contribution in [1.29, 1.82) is 0 Å². The summed E-state index contributed by atoms with van der Waals surface area (Å²) in [5, 5.41) is 0. The normalized spacial score (nSPS) is 23.7. The molecule has 0 bridgehead atoms. The average molecular weight is 203 g/mol. The van der Waals surface area contributed by atoms with E-state index in [2.05, 4.69) is 25.1 Å². The molecule has 0 aliphatic heterocycles. The van der Waals surface area contributed by atoms with Gasteiger partial charge in [-0.3, -0.25) is 4.79 Å². The van der Waals surface area contributed by atoms with E-state index in [0.29, 0.717) is 5.92 Å². The van der Waals surface area contributed by atoms with Crippen LogP contribution in [0.25, 0.3) is 0 Å². The first-order valence-corrected chi connectivity index (χ1v) is 5.40. The van der Waals surface area contributed by atoms with Crippen molar-refractivity contribution in [3.63, 3.8) is 0 Å². The molecule has 80 valence electrons. The van der Waals surface area contributed by atoms with Gasteiger partial charge in [0.1, 0.15) is 0 Å². The van der Waals surface area contributed by atoms with Crippen molar-refractivity contribution in [3.8, 4) is 0 Å². The lowest BCUT2D eigenvalue weighted by Gasteiger charge is -2.19. The Hall–Kier alpha value is -1.31. The maximum absolute atomic E-state index is 11.9. The quantitative estimate of drug-likeness (QED) is 0.684. The number of fused-ring (bicyclic) bond motifs is 1. The average Bonchev–Trinajstić information content (AvgIpc) is 2.56. The standard InChI is InChI=1S/C13H17NO/c1-9-11-7-5-4-6-10(11)8-12(9)13(15)14(2)3/h4-7,9,12H,8H2,1-3H3. The molecule has 2 rings (SSSR count). The molecule has 2 atom stereocenters. The zero-order valence-corrected chi connectivity index (χ0v) is 9.53. The minimum Gasteiger partial charge on any atom is -0.349 e. The van der Waals surface area contributed by atoms with Crippen LogP contribution in [0.1, 0.15) is 24.0 Å². The van der Waals surface area contributed by atoms with Crippen LogP contribution in [-0.4, -0.2) is 24.9 Å². The topological polar surface area (TPSA) is 20.3 Å². The van der Waals surface area contributed by atoms with Crippen molar-refractivity contribution < 1.29 is 4.79 Å². The van der Waals surface area contributed by atoms with Gasteiger partial charge in [0.25, 0.3) is 0 Å². The Morgan fingerprint density at radius 3 is 2.60 bits per heavy atom. The number of hydrogen-bond donors (Lipinski definition) is 0. The van der Waals surface area contributed by atoms with Gasteiger partial charge in [-0.05, 0) is 23.5 Å². The molecule has 0 spiro atoms. The van der Waals surface area contributed by atoms with Gasteiger partial charge in [-0.1, -0.05) is 31.2 Å². The zero-order chi connectivity index (χ0) is 11.0. The van der Waals surface area contributed by atoms with Crippen molar-refractivity contribution in [2.45, 2.75) is 19.3 Å². The highest BCUT2D eigenvalue weighted by Gasteiger charge is 2.34. The first-order valence-electron chi connectivity index (χ1n) is 5.40. The predicted octanol–water partition coefficient (Wildman–Crippen LogP) is 2.05. The first-order chi connectivity index (χ1) is 7.11. The molecule has 1 amide bonds. The maximum Gasteiger partial charge on any atom is 0.226 e. The van der Waals surface area contributed by atoms with Crippen LogP contribution < -0.4 is 0 Å². The molecule has 2 heteroatoms. The second-order valence-electron chi connectivity index (χ2n) is 4.53. The number of nitrogens with zero attached hydrogens (tertiary/aromatic N) is 1. The molecule has 0 N–H and O–H groups in total. The third kappa shape index (κ3) is 1.65. The highest BCUT2D eigenvalue weighted by molar-refractivity contribution is 5.80. The zero-order valence-electron chi connectivity index (χ0n) is 9.53. The molecule has 0 aromatic heterocycles. The largest absolute Gasteiger partial charge is 0.349 e. The molecule has 2 unspecified atom stereocenters. The van der Waals surface area contributed by atoms with Crippen LogP contribution in [0, 0.1) is 5.92 Å². The summed E-state index contributed by atoms with van der Waals surface area (Å²) in [6.45, 7) is 2.15. The molecular weight excluding hydrogens is 186 g/mol. The molecule has 2 nitrogen and oxygen atoms in total. The van der Waals surface area contributed by atoms with E-state index < -0.39 is 0 Å². The monoisotopic (exact) mass is 203 g/mol. The van der Waals surface area contributed by atoms with Crippen molar-refractivity contribution in [3.05, 3.63) is 35.4 Å². The lowest BCUT2D eigenvalue weighted by atomic mass is 9.93. The third-order valence-corrected chi connectivity index (χ3v) is 3.35. The lowest BCUT2D eigenvalue weighted by molar-refractivity contribution is -0.133. The van der Waals surface area contributed by atoms with Gasteiger partial charge in [-0.25, -0.2) is 0 Å². The molecule has 15 heavy (non-hydrogen) atoms. The van der Waals surface area contributed by atoms with Crippen LogP contribution in [0.4, 0.5) is 0 Å². The van der Waals surface area contributed by atoms with Gasteiger partial charge in [-0.2, -0.15) is 0 Å². The van der Waals surface area contributed by atoms with Gasteiger partial charge < -0.3 is 4.90 Å². The van der Waals surface area contributed by atoms with Crippen molar-refractivity contribution >= 4 is 5.91 Å². The fourth-order valence-corrected chi connectivity index (χ4v) is 2.43. The second-order valence-corrected chi connectivity index (χ2v) is 4.53. The van der Waals surface area contributed by atoms with Crippen LogP contribution >= 0.6 is 0 Å². The minimum atomic E-state index is 0.136. The predicted molar refractivity (Wildman–Crippen MR) is 60.7 cm³/mol. The van der Waals surface area contributed by atoms with Gasteiger partial charge in [0.2, 0.25) is 5.91 Å². The van der Waals surface area contributed by atoms with Gasteiger partial charge in [0.15, 0.2) is 0 Å². The van der Waals surface area contributed by atoms with E-state index in [9.17, 15) is 4.79 Å². The third-order valence-electron chi connectivity index (χ3n) is 3.35. The molecule has 0 saturated carbocycles. The molecule has 0 saturated heterocycles. The van der Waals surface area contributed by atoms with Gasteiger partial charge in [0.05, 0.1) is 0 Å². The fourth-order valence-electron chi connectivity index (χ4n) is 2.43. The van der Waals surface area contributed by atoms with Crippen LogP contribution in [0.5, 0.6) is 0 Å². The van der Waals surface area contributed by atoms with Crippen LogP contribution in [-0.2, 0) is 11.2 Å². The summed E-state index contributed by atoms with van der Waals surface area (Å²) in [7, 11) is 3.66. The number of rotatable bonds is 1. The van der Waals surface area contributed by atoms with Gasteiger partial charge in [-0.15, -0.1) is 0 Å². The second kappa shape index (κ2) is 3.69. The Kier molecular flexibility index (Phi) is 2.51. The lowest BCUT2D eigenvalue weighted by Crippen LogP contribution is -2.31. The summed E-state index contributed by atoms with van der Waals surface area (Å²) in [6, 6.07) is 8.38. The highest BCUT2D eigenvalue weighted by atomic mass is 16.2. The maximum atomic E-state index is 11.9. The Labute approximate surface area is 90.9 Å². The summed E-state index contributed by atoms with van der Waals surface area (Å²) >= 11 is 0. The number of benzene rings is 1. The summed E-state index contributed by atoms with van der Waals surface area (Å²) in [5.74, 6) is 0.743. The van der Waals surface area contributed by atoms with Gasteiger partial charge >= 0.3 is 0 Å². The van der Waals surface area contributed by atoms with E-state index in [0.717, 1.165) is 6.42 Å². The van der Waals surface area contributed by atoms with E-state index in [-0.39, 0.29) is 11.8 Å². The van der Waals surface area contributed by atoms with E-state index in [4.69, 9.17) is 0 Å². The molecule has 0 fully saturated rings. The number of carbonyl (C=O) groups excluding carboxylic acids is 1. The molecular formula is C13H17NO.